The molecule has 0 saturated carbocycles. The summed E-state index contributed by atoms with van der Waals surface area (Å²) in [5, 5.41) is 10.3. The van der Waals surface area contributed by atoms with Gasteiger partial charge in [0.2, 0.25) is 5.88 Å². The van der Waals surface area contributed by atoms with Gasteiger partial charge in [0.15, 0.2) is 11.5 Å². The van der Waals surface area contributed by atoms with Crippen LogP contribution < -0.4 is 14.2 Å². The summed E-state index contributed by atoms with van der Waals surface area (Å²) in [4.78, 5) is 8.08. The first-order chi connectivity index (χ1) is 10.3. The molecule has 2 aromatic rings. The molecular weight excluding hydrogens is 272 g/mol. The van der Waals surface area contributed by atoms with Crippen LogP contribution in [0.3, 0.4) is 0 Å². The van der Waals surface area contributed by atoms with Crippen LogP contribution in [0, 0.1) is 0 Å². The molecule has 1 aliphatic heterocycles. The molecule has 1 unspecified atom stereocenters. The summed E-state index contributed by atoms with van der Waals surface area (Å²) in [6.45, 7) is 1.07. The third kappa shape index (κ3) is 3.05. The third-order valence-electron chi connectivity index (χ3n) is 3.26. The van der Waals surface area contributed by atoms with E-state index in [1.54, 1.807) is 19.2 Å². The number of methoxy groups -OCH3 is 1. The predicted molar refractivity (Wildman–Crippen MR) is 74.7 cm³/mol. The number of fused-ring (bicyclic) bond motifs is 1. The minimum atomic E-state index is -0.680. The first kappa shape index (κ1) is 13.6. The number of aliphatic hydroxyl groups is 1. The van der Waals surface area contributed by atoms with Crippen molar-refractivity contribution in [2.45, 2.75) is 12.5 Å². The van der Waals surface area contributed by atoms with E-state index in [1.807, 2.05) is 12.1 Å². The van der Waals surface area contributed by atoms with E-state index in [9.17, 15) is 5.11 Å². The minimum absolute atomic E-state index is 0.374. The largest absolute Gasteiger partial charge is 0.486 e. The van der Waals surface area contributed by atoms with E-state index in [-0.39, 0.29) is 0 Å². The lowest BCUT2D eigenvalue weighted by atomic mass is 10.0. The Kier molecular flexibility index (Phi) is 3.87. The maximum Gasteiger partial charge on any atom is 0.216 e. The fourth-order valence-corrected chi connectivity index (χ4v) is 2.18. The number of hydrogen-bond acceptors (Lipinski definition) is 6. The Labute approximate surface area is 122 Å². The van der Waals surface area contributed by atoms with Crippen LogP contribution in [-0.2, 0) is 6.42 Å². The summed E-state index contributed by atoms with van der Waals surface area (Å²) in [5.74, 6) is 1.85. The van der Waals surface area contributed by atoms with Gasteiger partial charge in [0.05, 0.1) is 18.9 Å². The van der Waals surface area contributed by atoms with Crippen molar-refractivity contribution in [1.29, 1.82) is 0 Å². The number of aliphatic hydroxyl groups excluding tert-OH is 1. The van der Waals surface area contributed by atoms with E-state index in [2.05, 4.69) is 9.97 Å². The van der Waals surface area contributed by atoms with Crippen LogP contribution in [0.5, 0.6) is 17.4 Å². The number of aromatic nitrogens is 2. The topological polar surface area (TPSA) is 73.7 Å². The highest BCUT2D eigenvalue weighted by Crippen LogP contribution is 2.33. The Morgan fingerprint density at radius 2 is 2.00 bits per heavy atom. The van der Waals surface area contributed by atoms with Gasteiger partial charge < -0.3 is 19.3 Å². The Morgan fingerprint density at radius 1 is 1.19 bits per heavy atom. The zero-order chi connectivity index (χ0) is 14.7. The van der Waals surface area contributed by atoms with Gasteiger partial charge in [-0.1, -0.05) is 6.07 Å². The van der Waals surface area contributed by atoms with Crippen LogP contribution in [0.2, 0.25) is 0 Å². The molecule has 0 saturated heterocycles. The van der Waals surface area contributed by atoms with Gasteiger partial charge in [0.1, 0.15) is 19.5 Å². The molecule has 6 nitrogen and oxygen atoms in total. The zero-order valence-electron chi connectivity index (χ0n) is 11.7. The highest BCUT2D eigenvalue weighted by atomic mass is 16.6. The maximum atomic E-state index is 10.3. The SMILES string of the molecule is COc1cc(CC(O)c2ccc3c(c2)OCCO3)ncn1. The van der Waals surface area contributed by atoms with E-state index >= 15 is 0 Å². The summed E-state index contributed by atoms with van der Waals surface area (Å²) in [6.07, 6.45) is 1.11. The van der Waals surface area contributed by atoms with Crippen LogP contribution >= 0.6 is 0 Å². The van der Waals surface area contributed by atoms with Gasteiger partial charge in [-0.15, -0.1) is 0 Å². The van der Waals surface area contributed by atoms with Gasteiger partial charge in [0, 0.05) is 12.5 Å². The molecule has 1 atom stereocenters. The van der Waals surface area contributed by atoms with E-state index in [0.29, 0.717) is 42.7 Å². The molecule has 2 heterocycles. The standard InChI is InChI=1S/C15H16N2O4/c1-19-15-8-11(16-9-17-15)7-12(18)10-2-3-13-14(6-10)21-5-4-20-13/h2-3,6,8-9,12,18H,4-5,7H2,1H3. The normalized spacial score (nSPS) is 14.6. The molecule has 1 N–H and O–H groups in total. The summed E-state index contributed by atoms with van der Waals surface area (Å²) in [6, 6.07) is 7.16. The van der Waals surface area contributed by atoms with Crippen LogP contribution in [-0.4, -0.2) is 35.4 Å². The van der Waals surface area contributed by atoms with Crippen molar-refractivity contribution < 1.29 is 19.3 Å². The summed E-state index contributed by atoms with van der Waals surface area (Å²) in [7, 11) is 1.55. The maximum absolute atomic E-state index is 10.3. The Balaban J connectivity index is 1.76. The van der Waals surface area contributed by atoms with E-state index in [4.69, 9.17) is 14.2 Å². The van der Waals surface area contributed by atoms with Crippen molar-refractivity contribution in [2.24, 2.45) is 0 Å². The lowest BCUT2D eigenvalue weighted by Crippen LogP contribution is -2.15. The molecule has 110 valence electrons. The molecule has 0 amide bonds. The van der Waals surface area contributed by atoms with Gasteiger partial charge in [-0.25, -0.2) is 9.97 Å². The first-order valence-corrected chi connectivity index (χ1v) is 6.69. The molecular formula is C15H16N2O4. The average Bonchev–Trinajstić information content (AvgIpc) is 2.54. The Morgan fingerprint density at radius 3 is 2.81 bits per heavy atom. The van der Waals surface area contributed by atoms with E-state index < -0.39 is 6.10 Å². The Hall–Kier alpha value is -2.34. The molecule has 0 bridgehead atoms. The molecule has 1 aromatic heterocycles. The number of ether oxygens (including phenoxy) is 3. The molecule has 0 radical (unpaired) electrons. The van der Waals surface area contributed by atoms with Gasteiger partial charge in [-0.2, -0.15) is 0 Å². The molecule has 0 aliphatic carbocycles. The Bertz CT molecular complexity index is 633. The van der Waals surface area contributed by atoms with Crippen molar-refractivity contribution in [3.63, 3.8) is 0 Å². The van der Waals surface area contributed by atoms with Crippen molar-refractivity contribution in [3.05, 3.63) is 41.9 Å². The summed E-state index contributed by atoms with van der Waals surface area (Å²) in [5.41, 5.74) is 1.47. The van der Waals surface area contributed by atoms with E-state index in [1.165, 1.54) is 6.33 Å². The fourth-order valence-electron chi connectivity index (χ4n) is 2.18. The molecule has 0 fully saturated rings. The third-order valence-corrected chi connectivity index (χ3v) is 3.26. The lowest BCUT2D eigenvalue weighted by molar-refractivity contribution is 0.164. The molecule has 1 aliphatic rings. The number of benzene rings is 1. The number of rotatable bonds is 4. The zero-order valence-corrected chi connectivity index (χ0v) is 11.7. The quantitative estimate of drug-likeness (QED) is 0.919. The average molecular weight is 288 g/mol. The summed E-state index contributed by atoms with van der Waals surface area (Å²) >= 11 is 0. The fraction of sp³-hybridized carbons (Fsp3) is 0.333. The van der Waals surface area contributed by atoms with Crippen LogP contribution in [0.15, 0.2) is 30.6 Å². The number of nitrogens with zero attached hydrogens (tertiary/aromatic N) is 2. The minimum Gasteiger partial charge on any atom is -0.486 e. The molecule has 6 heteroatoms. The number of hydrogen-bond donors (Lipinski definition) is 1. The van der Waals surface area contributed by atoms with Gasteiger partial charge >= 0.3 is 0 Å². The van der Waals surface area contributed by atoms with Crippen LogP contribution in [0.4, 0.5) is 0 Å². The van der Waals surface area contributed by atoms with Gasteiger partial charge in [-0.3, -0.25) is 0 Å². The molecule has 21 heavy (non-hydrogen) atoms. The molecule has 3 rings (SSSR count). The monoisotopic (exact) mass is 288 g/mol. The van der Waals surface area contributed by atoms with Crippen molar-refractivity contribution in [2.75, 3.05) is 20.3 Å². The van der Waals surface area contributed by atoms with Crippen molar-refractivity contribution >= 4 is 0 Å². The van der Waals surface area contributed by atoms with Gasteiger partial charge in [-0.05, 0) is 17.7 Å². The van der Waals surface area contributed by atoms with E-state index in [0.717, 1.165) is 5.56 Å². The highest BCUT2D eigenvalue weighted by Gasteiger charge is 2.16. The smallest absolute Gasteiger partial charge is 0.216 e. The summed E-state index contributed by atoms with van der Waals surface area (Å²) < 4.78 is 16.0. The van der Waals surface area contributed by atoms with Crippen molar-refractivity contribution in [1.82, 2.24) is 9.97 Å². The highest BCUT2D eigenvalue weighted by molar-refractivity contribution is 5.44. The lowest BCUT2D eigenvalue weighted by Gasteiger charge is -2.20. The van der Waals surface area contributed by atoms with Crippen LogP contribution in [0.1, 0.15) is 17.4 Å². The second-order valence-electron chi connectivity index (χ2n) is 4.67. The van der Waals surface area contributed by atoms with Gasteiger partial charge in [0.25, 0.3) is 0 Å². The molecule has 0 spiro atoms. The second kappa shape index (κ2) is 5.97. The van der Waals surface area contributed by atoms with Crippen molar-refractivity contribution in [3.8, 4) is 17.4 Å². The second-order valence-corrected chi connectivity index (χ2v) is 4.67. The first-order valence-electron chi connectivity index (χ1n) is 6.69. The van der Waals surface area contributed by atoms with Crippen LogP contribution in [0.25, 0.3) is 0 Å². The predicted octanol–water partition coefficient (Wildman–Crippen LogP) is 1.53. The molecule has 1 aromatic carbocycles.